The molecule has 1 saturated heterocycles. The normalized spacial score (nSPS) is 19.3. The van der Waals surface area contributed by atoms with Gasteiger partial charge in [0.2, 0.25) is 0 Å². The number of rotatable bonds is 5. The number of nitrogens with one attached hydrogen (secondary N) is 1. The molecular formula is C15H21N3O4S. The number of hydrogen-bond donors (Lipinski definition) is 1. The quantitative estimate of drug-likeness (QED) is 0.842. The van der Waals surface area contributed by atoms with Crippen LogP contribution in [-0.4, -0.2) is 60.8 Å². The van der Waals surface area contributed by atoms with Gasteiger partial charge >= 0.3 is 0 Å². The molecule has 0 bridgehead atoms. The van der Waals surface area contributed by atoms with Crippen molar-refractivity contribution >= 4 is 21.7 Å². The molecule has 1 fully saturated rings. The van der Waals surface area contributed by atoms with Crippen LogP contribution in [0, 0.1) is 0 Å². The van der Waals surface area contributed by atoms with Gasteiger partial charge in [-0.05, 0) is 32.4 Å². The van der Waals surface area contributed by atoms with Crippen LogP contribution in [-0.2, 0) is 9.84 Å². The first-order valence-corrected chi connectivity index (χ1v) is 9.45. The van der Waals surface area contributed by atoms with Crippen LogP contribution in [0.4, 0.5) is 0 Å². The minimum atomic E-state index is -3.05. The van der Waals surface area contributed by atoms with E-state index < -0.39 is 9.84 Å². The Bertz CT molecular complexity index is 698. The minimum Gasteiger partial charge on any atom is -0.348 e. The Balaban J connectivity index is 2.10. The van der Waals surface area contributed by atoms with Crippen molar-refractivity contribution in [2.75, 3.05) is 24.6 Å². The highest BCUT2D eigenvalue weighted by Crippen LogP contribution is 2.13. The molecule has 0 aromatic carbocycles. The zero-order valence-corrected chi connectivity index (χ0v) is 14.1. The molecule has 1 unspecified atom stereocenters. The lowest BCUT2D eigenvalue weighted by molar-refractivity contribution is 0.0767. The molecule has 1 aromatic heterocycles. The summed E-state index contributed by atoms with van der Waals surface area (Å²) in [4.78, 5) is 30.1. The number of carbonyl (C=O) groups excluding carboxylic acids is 2. The molecular weight excluding hydrogens is 318 g/mol. The van der Waals surface area contributed by atoms with Gasteiger partial charge in [0.05, 0.1) is 11.5 Å². The fraction of sp³-hybridized carbons (Fsp3) is 0.533. The lowest BCUT2D eigenvalue weighted by Crippen LogP contribution is -2.36. The van der Waals surface area contributed by atoms with Gasteiger partial charge in [-0.2, -0.15) is 0 Å². The van der Waals surface area contributed by atoms with Crippen molar-refractivity contribution in [3.8, 4) is 0 Å². The third-order valence-corrected chi connectivity index (χ3v) is 5.63. The largest absolute Gasteiger partial charge is 0.348 e. The van der Waals surface area contributed by atoms with E-state index in [0.29, 0.717) is 25.1 Å². The summed E-state index contributed by atoms with van der Waals surface area (Å²) in [6, 6.07) is 2.58. The number of nitrogens with zero attached hydrogens (tertiary/aromatic N) is 2. The van der Waals surface area contributed by atoms with Crippen molar-refractivity contribution in [2.24, 2.45) is 0 Å². The highest BCUT2D eigenvalue weighted by molar-refractivity contribution is 7.91. The van der Waals surface area contributed by atoms with Crippen molar-refractivity contribution in [1.82, 2.24) is 15.2 Å². The Kier molecular flexibility index (Phi) is 5.35. The molecule has 1 aliphatic rings. The molecule has 1 aromatic rings. The molecule has 2 rings (SSSR count). The second-order valence-electron chi connectivity index (χ2n) is 5.48. The Labute approximate surface area is 136 Å². The maximum Gasteiger partial charge on any atom is 0.272 e. The molecule has 2 amide bonds. The topological polar surface area (TPSA) is 96.4 Å². The summed E-state index contributed by atoms with van der Waals surface area (Å²) in [7, 11) is -3.05. The molecule has 126 valence electrons. The van der Waals surface area contributed by atoms with E-state index in [1.807, 2.05) is 13.8 Å². The molecule has 0 saturated carbocycles. The summed E-state index contributed by atoms with van der Waals surface area (Å²) in [5, 5.41) is 2.70. The van der Waals surface area contributed by atoms with E-state index in [4.69, 9.17) is 0 Å². The Hall–Kier alpha value is -1.96. The molecule has 7 nitrogen and oxygen atoms in total. The SMILES string of the molecule is CCN(CC)C(=O)c1cc(C(=O)NC2CCS(=O)(=O)C2)ccn1. The summed E-state index contributed by atoms with van der Waals surface area (Å²) in [5.74, 6) is -0.550. The van der Waals surface area contributed by atoms with Crippen molar-refractivity contribution < 1.29 is 18.0 Å². The molecule has 1 N–H and O–H groups in total. The Morgan fingerprint density at radius 2 is 2.04 bits per heavy atom. The number of aromatic nitrogens is 1. The van der Waals surface area contributed by atoms with Gasteiger partial charge in [-0.3, -0.25) is 14.6 Å². The highest BCUT2D eigenvalue weighted by atomic mass is 32.2. The molecule has 0 radical (unpaired) electrons. The van der Waals surface area contributed by atoms with Crippen molar-refractivity contribution in [3.05, 3.63) is 29.6 Å². The van der Waals surface area contributed by atoms with Crippen LogP contribution in [0.2, 0.25) is 0 Å². The van der Waals surface area contributed by atoms with Crippen molar-refractivity contribution in [2.45, 2.75) is 26.3 Å². The summed E-state index contributed by atoms with van der Waals surface area (Å²) in [6.07, 6.45) is 1.83. The van der Waals surface area contributed by atoms with Crippen LogP contribution in [0.25, 0.3) is 0 Å². The maximum absolute atomic E-state index is 12.3. The van der Waals surface area contributed by atoms with Gasteiger partial charge < -0.3 is 10.2 Å². The predicted octanol–water partition coefficient (Wildman–Crippen LogP) is 0.481. The third kappa shape index (κ3) is 4.28. The number of carbonyl (C=O) groups is 2. The average molecular weight is 339 g/mol. The summed E-state index contributed by atoms with van der Waals surface area (Å²) >= 11 is 0. The lowest BCUT2D eigenvalue weighted by atomic mass is 10.1. The van der Waals surface area contributed by atoms with E-state index in [9.17, 15) is 18.0 Å². The maximum atomic E-state index is 12.3. The van der Waals surface area contributed by atoms with Crippen LogP contribution in [0.3, 0.4) is 0 Å². The average Bonchev–Trinajstić information content (AvgIpc) is 2.87. The Morgan fingerprint density at radius 3 is 2.61 bits per heavy atom. The van der Waals surface area contributed by atoms with E-state index in [0.717, 1.165) is 0 Å². The van der Waals surface area contributed by atoms with E-state index in [1.54, 1.807) is 4.90 Å². The van der Waals surface area contributed by atoms with Crippen LogP contribution in [0.1, 0.15) is 41.1 Å². The van der Waals surface area contributed by atoms with E-state index in [2.05, 4.69) is 10.3 Å². The second kappa shape index (κ2) is 7.08. The van der Waals surface area contributed by atoms with Gasteiger partial charge in [-0.25, -0.2) is 8.42 Å². The molecule has 2 heterocycles. The predicted molar refractivity (Wildman–Crippen MR) is 86.0 cm³/mol. The number of amides is 2. The van der Waals surface area contributed by atoms with Crippen molar-refractivity contribution in [3.63, 3.8) is 0 Å². The molecule has 0 spiro atoms. The van der Waals surface area contributed by atoms with Crippen LogP contribution < -0.4 is 5.32 Å². The number of sulfone groups is 1. The third-order valence-electron chi connectivity index (χ3n) is 3.86. The Morgan fingerprint density at radius 1 is 1.35 bits per heavy atom. The minimum absolute atomic E-state index is 0.0327. The smallest absolute Gasteiger partial charge is 0.272 e. The number of pyridine rings is 1. The van der Waals surface area contributed by atoms with E-state index in [1.165, 1.54) is 18.3 Å². The van der Waals surface area contributed by atoms with Crippen molar-refractivity contribution in [1.29, 1.82) is 0 Å². The van der Waals surface area contributed by atoms with Gasteiger partial charge in [0, 0.05) is 30.9 Å². The van der Waals surface area contributed by atoms with Crippen LogP contribution in [0.15, 0.2) is 18.3 Å². The monoisotopic (exact) mass is 339 g/mol. The zero-order chi connectivity index (χ0) is 17.0. The molecule has 0 aliphatic carbocycles. The van der Waals surface area contributed by atoms with Gasteiger partial charge in [0.25, 0.3) is 11.8 Å². The van der Waals surface area contributed by atoms with Gasteiger partial charge in [0.15, 0.2) is 9.84 Å². The molecule has 23 heavy (non-hydrogen) atoms. The second-order valence-corrected chi connectivity index (χ2v) is 7.71. The lowest BCUT2D eigenvalue weighted by Gasteiger charge is -2.18. The molecule has 8 heteroatoms. The highest BCUT2D eigenvalue weighted by Gasteiger charge is 2.29. The summed E-state index contributed by atoms with van der Waals surface area (Å²) < 4.78 is 22.9. The van der Waals surface area contributed by atoms with Gasteiger partial charge in [0.1, 0.15) is 5.69 Å². The summed E-state index contributed by atoms with van der Waals surface area (Å²) in [6.45, 7) is 4.87. The zero-order valence-electron chi connectivity index (χ0n) is 13.3. The first kappa shape index (κ1) is 17.4. The van der Waals surface area contributed by atoms with Crippen LogP contribution >= 0.6 is 0 Å². The fourth-order valence-electron chi connectivity index (χ4n) is 2.54. The first-order valence-electron chi connectivity index (χ1n) is 7.63. The fourth-order valence-corrected chi connectivity index (χ4v) is 4.21. The van der Waals surface area contributed by atoms with Gasteiger partial charge in [-0.1, -0.05) is 0 Å². The molecule has 1 atom stereocenters. The molecule has 1 aliphatic heterocycles. The van der Waals surface area contributed by atoms with Crippen LogP contribution in [0.5, 0.6) is 0 Å². The first-order chi connectivity index (χ1) is 10.9. The summed E-state index contributed by atoms with van der Waals surface area (Å²) in [5.41, 5.74) is 0.514. The van der Waals surface area contributed by atoms with E-state index >= 15 is 0 Å². The standard InChI is InChI=1S/C15H21N3O4S/c1-3-18(4-2)15(20)13-9-11(5-7-16-13)14(19)17-12-6-8-23(21,22)10-12/h5,7,9,12H,3-4,6,8,10H2,1-2H3,(H,17,19). The number of hydrogen-bond acceptors (Lipinski definition) is 5. The van der Waals surface area contributed by atoms with Gasteiger partial charge in [-0.15, -0.1) is 0 Å². The van der Waals surface area contributed by atoms with E-state index in [-0.39, 0.29) is 35.1 Å².